The third-order valence-corrected chi connectivity index (χ3v) is 4.55. The molecule has 5 heteroatoms. The number of benzene rings is 1. The van der Waals surface area contributed by atoms with Crippen molar-refractivity contribution in [3.8, 4) is 5.75 Å². The molecule has 0 aromatic heterocycles. The highest BCUT2D eigenvalue weighted by atomic mass is 32.2. The summed E-state index contributed by atoms with van der Waals surface area (Å²) in [6.07, 6.45) is 4.59. The number of nitrogens with one attached hydrogen (secondary N) is 1. The minimum atomic E-state index is -3.48. The van der Waals surface area contributed by atoms with Gasteiger partial charge in [0.25, 0.3) is 0 Å². The molecule has 112 valence electrons. The second-order valence-corrected chi connectivity index (χ2v) is 6.56. The standard InChI is InChI=1S/C15H23NO3S/c1-3-4-9-16-10-5-6-11-20(18,19)15-12-14(17)8-7-13(15)2/h6-8,11-12,16-17H,3-5,9-10H2,1-2H3. The maximum absolute atomic E-state index is 12.1. The minimum absolute atomic E-state index is 0.0381. The summed E-state index contributed by atoms with van der Waals surface area (Å²) in [5.74, 6) is -0.0381. The molecular formula is C15H23NO3S. The first-order chi connectivity index (χ1) is 9.47. The predicted octanol–water partition coefficient (Wildman–Crippen LogP) is 2.77. The van der Waals surface area contributed by atoms with Crippen molar-refractivity contribution in [2.45, 2.75) is 38.0 Å². The zero-order valence-electron chi connectivity index (χ0n) is 12.1. The average molecular weight is 297 g/mol. The quantitative estimate of drug-likeness (QED) is 0.724. The lowest BCUT2D eigenvalue weighted by atomic mass is 10.2. The zero-order chi connectivity index (χ0) is 15.0. The van der Waals surface area contributed by atoms with Crippen molar-refractivity contribution >= 4 is 9.84 Å². The highest BCUT2D eigenvalue weighted by Crippen LogP contribution is 2.22. The van der Waals surface area contributed by atoms with Gasteiger partial charge >= 0.3 is 0 Å². The monoisotopic (exact) mass is 297 g/mol. The van der Waals surface area contributed by atoms with Gasteiger partial charge in [0.2, 0.25) is 0 Å². The number of hydrogen-bond donors (Lipinski definition) is 2. The Morgan fingerprint density at radius 3 is 2.75 bits per heavy atom. The maximum Gasteiger partial charge on any atom is 0.199 e. The number of phenols is 1. The molecule has 1 rings (SSSR count). The molecule has 0 bridgehead atoms. The molecule has 0 radical (unpaired) electrons. The van der Waals surface area contributed by atoms with Crippen LogP contribution in [0.25, 0.3) is 0 Å². The lowest BCUT2D eigenvalue weighted by Crippen LogP contribution is -2.15. The van der Waals surface area contributed by atoms with E-state index in [2.05, 4.69) is 12.2 Å². The van der Waals surface area contributed by atoms with Crippen LogP contribution in [-0.2, 0) is 9.84 Å². The van der Waals surface area contributed by atoms with Crippen molar-refractivity contribution in [3.63, 3.8) is 0 Å². The summed E-state index contributed by atoms with van der Waals surface area (Å²) in [6, 6.07) is 4.37. The highest BCUT2D eigenvalue weighted by molar-refractivity contribution is 7.94. The first-order valence-corrected chi connectivity index (χ1v) is 8.44. The largest absolute Gasteiger partial charge is 0.508 e. The van der Waals surface area contributed by atoms with Gasteiger partial charge in [-0.05, 0) is 50.6 Å². The van der Waals surface area contributed by atoms with Crippen molar-refractivity contribution in [1.82, 2.24) is 5.32 Å². The average Bonchev–Trinajstić information content (AvgIpc) is 2.40. The number of rotatable bonds is 8. The molecule has 0 spiro atoms. The molecule has 4 nitrogen and oxygen atoms in total. The van der Waals surface area contributed by atoms with Crippen LogP contribution in [0.2, 0.25) is 0 Å². The van der Waals surface area contributed by atoms with E-state index in [9.17, 15) is 13.5 Å². The Bertz CT molecular complexity index is 550. The van der Waals surface area contributed by atoms with Crippen LogP contribution in [0.4, 0.5) is 0 Å². The summed E-state index contributed by atoms with van der Waals surface area (Å²) in [6.45, 7) is 5.58. The molecule has 1 aromatic rings. The molecular weight excluding hydrogens is 274 g/mol. The summed E-state index contributed by atoms with van der Waals surface area (Å²) >= 11 is 0. The van der Waals surface area contributed by atoms with E-state index in [1.54, 1.807) is 19.1 Å². The van der Waals surface area contributed by atoms with E-state index in [1.807, 2.05) is 0 Å². The zero-order valence-corrected chi connectivity index (χ0v) is 12.9. The summed E-state index contributed by atoms with van der Waals surface area (Å²) in [4.78, 5) is 0.160. The van der Waals surface area contributed by atoms with Gasteiger partial charge in [0.05, 0.1) is 4.90 Å². The normalized spacial score (nSPS) is 12.1. The number of phenolic OH excluding ortho intramolecular Hbond substituents is 1. The van der Waals surface area contributed by atoms with E-state index in [-0.39, 0.29) is 10.6 Å². The molecule has 0 heterocycles. The smallest absolute Gasteiger partial charge is 0.199 e. The van der Waals surface area contributed by atoms with Crippen LogP contribution in [0, 0.1) is 6.92 Å². The van der Waals surface area contributed by atoms with Crippen LogP contribution in [0.15, 0.2) is 34.6 Å². The summed E-state index contributed by atoms with van der Waals surface area (Å²) in [5.41, 5.74) is 0.633. The van der Waals surface area contributed by atoms with Crippen molar-refractivity contribution in [1.29, 1.82) is 0 Å². The summed E-state index contributed by atoms with van der Waals surface area (Å²) in [5, 5.41) is 13.9. The molecule has 20 heavy (non-hydrogen) atoms. The fourth-order valence-electron chi connectivity index (χ4n) is 1.78. The van der Waals surface area contributed by atoms with Gasteiger partial charge in [0.15, 0.2) is 9.84 Å². The number of sulfone groups is 1. The van der Waals surface area contributed by atoms with Gasteiger partial charge in [-0.25, -0.2) is 8.42 Å². The number of aryl methyl sites for hydroxylation is 1. The van der Waals surface area contributed by atoms with E-state index < -0.39 is 9.84 Å². The molecule has 0 unspecified atom stereocenters. The molecule has 0 atom stereocenters. The predicted molar refractivity (Wildman–Crippen MR) is 81.6 cm³/mol. The summed E-state index contributed by atoms with van der Waals surface area (Å²) < 4.78 is 24.2. The lowest BCUT2D eigenvalue weighted by Gasteiger charge is -2.04. The van der Waals surface area contributed by atoms with E-state index in [1.165, 1.54) is 17.5 Å². The van der Waals surface area contributed by atoms with Crippen LogP contribution in [0.1, 0.15) is 31.7 Å². The van der Waals surface area contributed by atoms with Gasteiger partial charge in [-0.15, -0.1) is 0 Å². The topological polar surface area (TPSA) is 66.4 Å². The van der Waals surface area contributed by atoms with Gasteiger partial charge < -0.3 is 10.4 Å². The fourth-order valence-corrected chi connectivity index (χ4v) is 3.11. The SMILES string of the molecule is CCCCNCCC=CS(=O)(=O)c1cc(O)ccc1C. The first kappa shape index (κ1) is 16.7. The van der Waals surface area contributed by atoms with Crippen LogP contribution in [0.3, 0.4) is 0 Å². The molecule has 0 saturated heterocycles. The molecule has 0 aliphatic heterocycles. The maximum atomic E-state index is 12.1. The van der Waals surface area contributed by atoms with Crippen LogP contribution in [-0.4, -0.2) is 26.6 Å². The first-order valence-electron chi connectivity index (χ1n) is 6.89. The third kappa shape index (κ3) is 5.35. The molecule has 0 saturated carbocycles. The molecule has 0 aliphatic carbocycles. The van der Waals surface area contributed by atoms with Crippen molar-refractivity contribution in [2.75, 3.05) is 13.1 Å². The van der Waals surface area contributed by atoms with Crippen molar-refractivity contribution in [3.05, 3.63) is 35.2 Å². The fraction of sp³-hybridized carbons (Fsp3) is 0.467. The van der Waals surface area contributed by atoms with Crippen molar-refractivity contribution < 1.29 is 13.5 Å². The van der Waals surface area contributed by atoms with E-state index in [4.69, 9.17) is 0 Å². The Labute approximate surface area is 121 Å². The Hall–Kier alpha value is -1.33. The highest BCUT2D eigenvalue weighted by Gasteiger charge is 2.13. The van der Waals surface area contributed by atoms with Gasteiger partial charge in [0, 0.05) is 5.41 Å². The van der Waals surface area contributed by atoms with E-state index in [0.29, 0.717) is 12.0 Å². The molecule has 1 aromatic carbocycles. The van der Waals surface area contributed by atoms with Crippen LogP contribution >= 0.6 is 0 Å². The van der Waals surface area contributed by atoms with Gasteiger partial charge in [-0.3, -0.25) is 0 Å². The lowest BCUT2D eigenvalue weighted by molar-refractivity contribution is 0.473. The molecule has 0 fully saturated rings. The second kappa shape index (κ2) is 8.07. The number of aromatic hydroxyl groups is 1. The van der Waals surface area contributed by atoms with Crippen molar-refractivity contribution in [2.24, 2.45) is 0 Å². The third-order valence-electron chi connectivity index (χ3n) is 2.95. The van der Waals surface area contributed by atoms with Gasteiger partial charge in [0.1, 0.15) is 5.75 Å². The molecule has 0 amide bonds. The second-order valence-electron chi connectivity index (χ2n) is 4.76. The Morgan fingerprint density at radius 1 is 1.30 bits per heavy atom. The van der Waals surface area contributed by atoms with Gasteiger partial charge in [-0.2, -0.15) is 0 Å². The van der Waals surface area contributed by atoms with E-state index in [0.717, 1.165) is 25.9 Å². The van der Waals surface area contributed by atoms with E-state index >= 15 is 0 Å². The molecule has 0 aliphatic rings. The summed E-state index contributed by atoms with van der Waals surface area (Å²) in [7, 11) is -3.48. The van der Waals surface area contributed by atoms with Crippen LogP contribution < -0.4 is 5.32 Å². The van der Waals surface area contributed by atoms with Crippen LogP contribution in [0.5, 0.6) is 5.75 Å². The Kier molecular flexibility index (Phi) is 6.75. The Morgan fingerprint density at radius 2 is 2.05 bits per heavy atom. The Balaban J connectivity index is 2.59. The van der Waals surface area contributed by atoms with Gasteiger partial charge in [-0.1, -0.05) is 25.5 Å². The number of unbranched alkanes of at least 4 members (excludes halogenated alkanes) is 1. The molecule has 2 N–H and O–H groups in total. The number of hydrogen-bond acceptors (Lipinski definition) is 4. The minimum Gasteiger partial charge on any atom is -0.508 e.